The van der Waals surface area contributed by atoms with Crippen molar-refractivity contribution in [2.75, 3.05) is 0 Å². The number of hydrogen-bond donors (Lipinski definition) is 1. The average molecular weight is 280 g/mol. The fraction of sp³-hybridized carbons (Fsp3) is 0.0769. The smallest absolute Gasteiger partial charge is 0.250 e. The maximum absolute atomic E-state index is 11.5. The van der Waals surface area contributed by atoms with E-state index in [1.54, 1.807) is 24.4 Å². The van der Waals surface area contributed by atoms with Gasteiger partial charge in [-0.15, -0.1) is 0 Å². The fourth-order valence-electron chi connectivity index (χ4n) is 1.74. The van der Waals surface area contributed by atoms with Gasteiger partial charge in [0, 0.05) is 22.8 Å². The normalized spacial score (nSPS) is 10.4. The zero-order chi connectivity index (χ0) is 13.3. The number of carbonyl (C=O) groups is 1. The van der Waals surface area contributed by atoms with Crippen LogP contribution in [-0.2, 0) is 0 Å². The van der Waals surface area contributed by atoms with Gasteiger partial charge in [-0.05, 0) is 30.7 Å². The molecule has 2 aromatic rings. The van der Waals surface area contributed by atoms with E-state index >= 15 is 0 Å². The van der Waals surface area contributed by atoms with Crippen molar-refractivity contribution in [3.63, 3.8) is 0 Å². The lowest BCUT2D eigenvalue weighted by atomic mass is 9.98. The molecule has 0 aliphatic carbocycles. The van der Waals surface area contributed by atoms with E-state index in [-0.39, 0.29) is 5.56 Å². The molecular formula is C13H9Cl2N2O. The SMILES string of the molecule is Cc1cc(Cl)[c]c(C(N)=O)c1-c1ncccc1Cl. The van der Waals surface area contributed by atoms with Crippen molar-refractivity contribution in [3.8, 4) is 11.3 Å². The van der Waals surface area contributed by atoms with Gasteiger partial charge in [-0.3, -0.25) is 9.78 Å². The van der Waals surface area contributed by atoms with Crippen molar-refractivity contribution in [2.45, 2.75) is 6.92 Å². The summed E-state index contributed by atoms with van der Waals surface area (Å²) in [4.78, 5) is 15.7. The van der Waals surface area contributed by atoms with Crippen molar-refractivity contribution >= 4 is 29.1 Å². The zero-order valence-electron chi connectivity index (χ0n) is 9.50. The number of benzene rings is 1. The lowest BCUT2D eigenvalue weighted by molar-refractivity contribution is 0.100. The van der Waals surface area contributed by atoms with Gasteiger partial charge in [-0.1, -0.05) is 23.2 Å². The Balaban J connectivity index is 2.78. The molecule has 0 fully saturated rings. The topological polar surface area (TPSA) is 56.0 Å². The summed E-state index contributed by atoms with van der Waals surface area (Å²) in [6, 6.07) is 7.83. The van der Waals surface area contributed by atoms with Crippen LogP contribution in [0.3, 0.4) is 0 Å². The lowest BCUT2D eigenvalue weighted by Crippen LogP contribution is -2.14. The Labute approximate surface area is 115 Å². The number of halogens is 2. The summed E-state index contributed by atoms with van der Waals surface area (Å²) in [5.74, 6) is -0.614. The number of aromatic nitrogens is 1. The number of amides is 1. The predicted octanol–water partition coefficient (Wildman–Crippen LogP) is 3.26. The van der Waals surface area contributed by atoms with E-state index in [1.807, 2.05) is 6.92 Å². The number of rotatable bonds is 2. The second-order valence-corrected chi connectivity index (χ2v) is 4.56. The predicted molar refractivity (Wildman–Crippen MR) is 71.8 cm³/mol. The maximum atomic E-state index is 11.5. The third-order valence-electron chi connectivity index (χ3n) is 2.47. The second-order valence-electron chi connectivity index (χ2n) is 3.75. The number of nitrogens with two attached hydrogens (primary N) is 1. The van der Waals surface area contributed by atoms with Crippen LogP contribution in [0.15, 0.2) is 24.4 Å². The molecule has 0 saturated heterocycles. The van der Waals surface area contributed by atoms with Crippen molar-refractivity contribution in [2.24, 2.45) is 5.73 Å². The average Bonchev–Trinajstić information content (AvgIpc) is 2.29. The highest BCUT2D eigenvalue weighted by Gasteiger charge is 2.17. The van der Waals surface area contributed by atoms with Crippen LogP contribution in [0.4, 0.5) is 0 Å². The highest BCUT2D eigenvalue weighted by atomic mass is 35.5. The van der Waals surface area contributed by atoms with Crippen LogP contribution in [0.1, 0.15) is 15.9 Å². The van der Waals surface area contributed by atoms with Crippen molar-refractivity contribution < 1.29 is 4.79 Å². The summed E-state index contributed by atoms with van der Waals surface area (Å²) < 4.78 is 0. The summed E-state index contributed by atoms with van der Waals surface area (Å²) in [6.07, 6.45) is 1.60. The first kappa shape index (κ1) is 12.9. The summed E-state index contributed by atoms with van der Waals surface area (Å²) in [7, 11) is 0. The van der Waals surface area contributed by atoms with E-state index < -0.39 is 5.91 Å². The standard InChI is InChI=1S/C13H9Cl2N2O/c1-7-5-8(14)6-9(13(16)18)11(7)12-10(15)3-2-4-17-12/h2-5H,1H3,(H2,16,18). The minimum atomic E-state index is -0.614. The van der Waals surface area contributed by atoms with Crippen LogP contribution in [0.5, 0.6) is 0 Å². The number of hydrogen-bond acceptors (Lipinski definition) is 2. The molecule has 0 aliphatic rings. The number of nitrogens with zero attached hydrogens (tertiary/aromatic N) is 1. The number of aryl methyl sites for hydroxylation is 1. The summed E-state index contributed by atoms with van der Waals surface area (Å²) in [5, 5.41) is 0.774. The highest BCUT2D eigenvalue weighted by Crippen LogP contribution is 2.32. The van der Waals surface area contributed by atoms with Crippen molar-refractivity contribution in [3.05, 3.63) is 51.6 Å². The molecule has 1 radical (unpaired) electrons. The van der Waals surface area contributed by atoms with Crippen LogP contribution in [0, 0.1) is 13.0 Å². The van der Waals surface area contributed by atoms with E-state index in [4.69, 9.17) is 28.9 Å². The Hall–Kier alpha value is -1.58. The molecule has 1 aromatic carbocycles. The summed E-state index contributed by atoms with van der Waals surface area (Å²) in [5.41, 5.74) is 7.37. The monoisotopic (exact) mass is 279 g/mol. The van der Waals surface area contributed by atoms with Crippen LogP contribution in [-0.4, -0.2) is 10.9 Å². The maximum Gasteiger partial charge on any atom is 0.250 e. The zero-order valence-corrected chi connectivity index (χ0v) is 11.0. The third kappa shape index (κ3) is 2.33. The largest absolute Gasteiger partial charge is 0.366 e. The molecule has 0 spiro atoms. The molecule has 2 rings (SSSR count). The van der Waals surface area contributed by atoms with Gasteiger partial charge in [0.1, 0.15) is 0 Å². The van der Waals surface area contributed by atoms with E-state index in [1.165, 1.54) is 0 Å². The molecule has 3 nitrogen and oxygen atoms in total. The Bertz CT molecular complexity index is 626. The molecule has 0 unspecified atom stereocenters. The second kappa shape index (κ2) is 4.96. The lowest BCUT2D eigenvalue weighted by Gasteiger charge is -2.11. The van der Waals surface area contributed by atoms with Crippen LogP contribution in [0.2, 0.25) is 10.0 Å². The minimum Gasteiger partial charge on any atom is -0.366 e. The first-order valence-electron chi connectivity index (χ1n) is 5.14. The molecule has 0 aliphatic heterocycles. The number of carbonyl (C=O) groups excluding carboxylic acids is 1. The van der Waals surface area contributed by atoms with Gasteiger partial charge in [0.05, 0.1) is 16.3 Å². The Kier molecular flexibility index (Phi) is 3.55. The highest BCUT2D eigenvalue weighted by molar-refractivity contribution is 6.33. The third-order valence-corrected chi connectivity index (χ3v) is 2.98. The van der Waals surface area contributed by atoms with Gasteiger partial charge >= 0.3 is 0 Å². The van der Waals surface area contributed by atoms with Gasteiger partial charge in [-0.25, -0.2) is 0 Å². The Morgan fingerprint density at radius 1 is 1.44 bits per heavy atom. The molecule has 0 saturated carbocycles. The van der Waals surface area contributed by atoms with Gasteiger partial charge in [-0.2, -0.15) is 0 Å². The van der Waals surface area contributed by atoms with Gasteiger partial charge < -0.3 is 5.73 Å². The Morgan fingerprint density at radius 2 is 2.17 bits per heavy atom. The molecule has 1 aromatic heterocycles. The first-order chi connectivity index (χ1) is 8.50. The molecule has 1 amide bonds. The number of primary amides is 1. The summed E-state index contributed by atoms with van der Waals surface area (Å²) >= 11 is 12.0. The molecule has 1 heterocycles. The van der Waals surface area contributed by atoms with Crippen molar-refractivity contribution in [1.29, 1.82) is 0 Å². The summed E-state index contributed by atoms with van der Waals surface area (Å²) in [6.45, 7) is 1.81. The van der Waals surface area contributed by atoms with Gasteiger partial charge in [0.25, 0.3) is 0 Å². The minimum absolute atomic E-state index is 0.195. The molecular weight excluding hydrogens is 271 g/mol. The van der Waals surface area contributed by atoms with Gasteiger partial charge in [0.2, 0.25) is 5.91 Å². The van der Waals surface area contributed by atoms with E-state index in [9.17, 15) is 4.79 Å². The first-order valence-corrected chi connectivity index (χ1v) is 5.89. The van der Waals surface area contributed by atoms with E-state index in [0.717, 1.165) is 5.56 Å². The van der Waals surface area contributed by atoms with Crippen molar-refractivity contribution in [1.82, 2.24) is 4.98 Å². The molecule has 0 bridgehead atoms. The molecule has 5 heteroatoms. The molecule has 18 heavy (non-hydrogen) atoms. The van der Waals surface area contributed by atoms with Gasteiger partial charge in [0.15, 0.2) is 0 Å². The number of pyridine rings is 1. The molecule has 0 atom stereocenters. The van der Waals surface area contributed by atoms with E-state index in [2.05, 4.69) is 11.1 Å². The van der Waals surface area contributed by atoms with Crippen LogP contribution in [0.25, 0.3) is 11.3 Å². The van der Waals surface area contributed by atoms with Crippen LogP contribution >= 0.6 is 23.2 Å². The van der Waals surface area contributed by atoms with E-state index in [0.29, 0.717) is 21.3 Å². The van der Waals surface area contributed by atoms with Crippen LogP contribution < -0.4 is 5.73 Å². The molecule has 2 N–H and O–H groups in total. The fourth-order valence-corrected chi connectivity index (χ4v) is 2.21. The quantitative estimate of drug-likeness (QED) is 0.917. The Morgan fingerprint density at radius 3 is 2.78 bits per heavy atom. The molecule has 91 valence electrons.